The maximum atomic E-state index is 11.5. The molecular formula is C13H17ClO2. The lowest BCUT2D eigenvalue weighted by Crippen LogP contribution is -2.08. The first kappa shape index (κ1) is 13.0. The summed E-state index contributed by atoms with van der Waals surface area (Å²) < 4.78 is 5.22. The summed E-state index contributed by atoms with van der Waals surface area (Å²) in [5.41, 5.74) is 0.990. The third kappa shape index (κ3) is 3.53. The molecule has 0 aliphatic carbocycles. The predicted molar refractivity (Wildman–Crippen MR) is 66.2 cm³/mol. The number of halogens is 1. The molecule has 0 radical (unpaired) electrons. The van der Waals surface area contributed by atoms with Crippen LogP contribution in [0.25, 0.3) is 0 Å². The Labute approximate surface area is 102 Å². The molecule has 0 N–H and O–H groups in total. The Hall–Kier alpha value is -1.02. The van der Waals surface area contributed by atoms with Crippen LogP contribution in [0.1, 0.15) is 25.8 Å². The molecule has 0 unspecified atom stereocenters. The van der Waals surface area contributed by atoms with E-state index >= 15 is 0 Å². The number of aryl methyl sites for hydroxylation is 1. The van der Waals surface area contributed by atoms with E-state index in [1.807, 2.05) is 26.0 Å². The second-order valence-electron chi connectivity index (χ2n) is 4.08. The number of rotatable bonds is 5. The number of carbonyl (C=O) groups excluding carboxylic acids is 1. The minimum atomic E-state index is 0.0881. The summed E-state index contributed by atoms with van der Waals surface area (Å²) in [7, 11) is 1.62. The molecule has 0 heterocycles. The van der Waals surface area contributed by atoms with Gasteiger partial charge in [-0.1, -0.05) is 25.4 Å². The molecule has 16 heavy (non-hydrogen) atoms. The van der Waals surface area contributed by atoms with Gasteiger partial charge in [0.05, 0.1) is 7.11 Å². The van der Waals surface area contributed by atoms with Gasteiger partial charge < -0.3 is 4.74 Å². The van der Waals surface area contributed by atoms with Gasteiger partial charge in [-0.2, -0.15) is 0 Å². The minimum absolute atomic E-state index is 0.0881. The van der Waals surface area contributed by atoms with E-state index < -0.39 is 0 Å². The number of hydrogen-bond donors (Lipinski definition) is 0. The molecule has 0 aliphatic rings. The fourth-order valence-electron chi connectivity index (χ4n) is 1.49. The lowest BCUT2D eigenvalue weighted by atomic mass is 10.0. The van der Waals surface area contributed by atoms with Crippen molar-refractivity contribution >= 4 is 17.4 Å². The summed E-state index contributed by atoms with van der Waals surface area (Å²) in [6.07, 6.45) is 1.22. The highest BCUT2D eigenvalue weighted by molar-refractivity contribution is 6.30. The Balaban J connectivity index is 2.72. The zero-order valence-electron chi connectivity index (χ0n) is 9.92. The summed E-state index contributed by atoms with van der Waals surface area (Å²) in [5, 5.41) is 0.674. The van der Waals surface area contributed by atoms with Gasteiger partial charge in [0, 0.05) is 17.4 Å². The first-order chi connectivity index (χ1) is 7.54. The van der Waals surface area contributed by atoms with Gasteiger partial charge in [-0.3, -0.25) is 4.79 Å². The zero-order chi connectivity index (χ0) is 12.1. The Morgan fingerprint density at radius 1 is 1.44 bits per heavy atom. The van der Waals surface area contributed by atoms with Crippen molar-refractivity contribution in [1.29, 1.82) is 0 Å². The molecular weight excluding hydrogens is 224 g/mol. The van der Waals surface area contributed by atoms with Crippen LogP contribution < -0.4 is 4.74 Å². The number of ketones is 1. The first-order valence-corrected chi connectivity index (χ1v) is 5.77. The fraction of sp³-hybridized carbons (Fsp3) is 0.462. The van der Waals surface area contributed by atoms with Crippen LogP contribution >= 0.6 is 11.6 Å². The molecule has 0 spiro atoms. The van der Waals surface area contributed by atoms with Crippen molar-refractivity contribution in [3.05, 3.63) is 28.8 Å². The van der Waals surface area contributed by atoms with Crippen LogP contribution in [0.15, 0.2) is 18.2 Å². The molecule has 1 aromatic carbocycles. The average Bonchev–Trinajstić information content (AvgIpc) is 2.25. The van der Waals surface area contributed by atoms with Crippen LogP contribution in [-0.4, -0.2) is 12.9 Å². The Kier molecular flexibility index (Phi) is 4.81. The van der Waals surface area contributed by atoms with E-state index in [1.54, 1.807) is 13.2 Å². The Morgan fingerprint density at radius 2 is 2.12 bits per heavy atom. The van der Waals surface area contributed by atoms with E-state index in [0.717, 1.165) is 11.3 Å². The van der Waals surface area contributed by atoms with Crippen LogP contribution in [0, 0.1) is 5.92 Å². The van der Waals surface area contributed by atoms with Crippen molar-refractivity contribution in [3.8, 4) is 5.75 Å². The number of carbonyl (C=O) groups is 1. The first-order valence-electron chi connectivity index (χ1n) is 5.39. The molecule has 0 fully saturated rings. The monoisotopic (exact) mass is 240 g/mol. The van der Waals surface area contributed by atoms with Crippen LogP contribution in [0.4, 0.5) is 0 Å². The molecule has 0 saturated carbocycles. The molecule has 3 heteroatoms. The number of methoxy groups -OCH3 is 1. The van der Waals surface area contributed by atoms with Gasteiger partial charge in [-0.25, -0.2) is 0 Å². The lowest BCUT2D eigenvalue weighted by molar-refractivity contribution is -0.121. The number of hydrogen-bond acceptors (Lipinski definition) is 2. The molecule has 2 nitrogen and oxygen atoms in total. The van der Waals surface area contributed by atoms with Gasteiger partial charge >= 0.3 is 0 Å². The Morgan fingerprint density at radius 3 is 2.69 bits per heavy atom. The van der Waals surface area contributed by atoms with Crippen LogP contribution in [0.3, 0.4) is 0 Å². The Bertz CT molecular complexity index is 372. The molecule has 1 aromatic rings. The second kappa shape index (κ2) is 5.90. The molecule has 0 aromatic heterocycles. The van der Waals surface area contributed by atoms with Crippen molar-refractivity contribution in [2.24, 2.45) is 5.92 Å². The van der Waals surface area contributed by atoms with Crippen LogP contribution in [-0.2, 0) is 11.2 Å². The topological polar surface area (TPSA) is 26.3 Å². The molecule has 0 amide bonds. The lowest BCUT2D eigenvalue weighted by Gasteiger charge is -2.09. The highest BCUT2D eigenvalue weighted by Gasteiger charge is 2.10. The van der Waals surface area contributed by atoms with Crippen molar-refractivity contribution in [1.82, 2.24) is 0 Å². The molecule has 1 rings (SSSR count). The smallest absolute Gasteiger partial charge is 0.135 e. The second-order valence-corrected chi connectivity index (χ2v) is 4.51. The molecule has 0 atom stereocenters. The van der Waals surface area contributed by atoms with Crippen LogP contribution in [0.2, 0.25) is 5.02 Å². The fourth-order valence-corrected chi connectivity index (χ4v) is 1.68. The van der Waals surface area contributed by atoms with E-state index in [2.05, 4.69) is 0 Å². The maximum Gasteiger partial charge on any atom is 0.135 e. The number of benzene rings is 1. The SMILES string of the molecule is COc1ccc(Cl)cc1CCC(=O)C(C)C. The normalized spacial score (nSPS) is 10.6. The van der Waals surface area contributed by atoms with Crippen molar-refractivity contribution in [2.75, 3.05) is 7.11 Å². The summed E-state index contributed by atoms with van der Waals surface area (Å²) in [6.45, 7) is 3.83. The van der Waals surface area contributed by atoms with Crippen molar-refractivity contribution < 1.29 is 9.53 Å². The van der Waals surface area contributed by atoms with E-state index in [-0.39, 0.29) is 11.7 Å². The number of Topliss-reactive ketones (excluding diaryl/α,β-unsaturated/α-hetero) is 1. The summed E-state index contributed by atoms with van der Waals surface area (Å²) in [4.78, 5) is 11.5. The minimum Gasteiger partial charge on any atom is -0.496 e. The standard InChI is InChI=1S/C13H17ClO2/c1-9(2)12(15)6-4-10-8-11(14)5-7-13(10)16-3/h5,7-9H,4,6H2,1-3H3. The predicted octanol–water partition coefficient (Wildman–Crippen LogP) is 3.51. The summed E-state index contributed by atoms with van der Waals surface area (Å²) in [6, 6.07) is 5.47. The molecule has 0 bridgehead atoms. The van der Waals surface area contributed by atoms with E-state index in [4.69, 9.17) is 16.3 Å². The number of ether oxygens (including phenoxy) is 1. The van der Waals surface area contributed by atoms with Crippen molar-refractivity contribution in [2.45, 2.75) is 26.7 Å². The zero-order valence-corrected chi connectivity index (χ0v) is 10.7. The van der Waals surface area contributed by atoms with Gasteiger partial charge in [0.25, 0.3) is 0 Å². The summed E-state index contributed by atoms with van der Waals surface area (Å²) >= 11 is 5.91. The van der Waals surface area contributed by atoms with E-state index in [1.165, 1.54) is 0 Å². The third-order valence-corrected chi connectivity index (χ3v) is 2.76. The molecule has 0 saturated heterocycles. The van der Waals surface area contributed by atoms with E-state index in [9.17, 15) is 4.79 Å². The van der Waals surface area contributed by atoms with Crippen LogP contribution in [0.5, 0.6) is 5.75 Å². The third-order valence-electron chi connectivity index (χ3n) is 2.53. The average molecular weight is 241 g/mol. The van der Waals surface area contributed by atoms with Gasteiger partial charge in [-0.05, 0) is 30.2 Å². The quantitative estimate of drug-likeness (QED) is 0.787. The van der Waals surface area contributed by atoms with E-state index in [0.29, 0.717) is 17.9 Å². The highest BCUT2D eigenvalue weighted by Crippen LogP contribution is 2.24. The van der Waals surface area contributed by atoms with Gasteiger partial charge in [-0.15, -0.1) is 0 Å². The molecule has 0 aliphatic heterocycles. The molecule has 88 valence electrons. The van der Waals surface area contributed by atoms with Gasteiger partial charge in [0.1, 0.15) is 11.5 Å². The highest BCUT2D eigenvalue weighted by atomic mass is 35.5. The summed E-state index contributed by atoms with van der Waals surface area (Å²) in [5.74, 6) is 1.15. The van der Waals surface area contributed by atoms with Gasteiger partial charge in [0.2, 0.25) is 0 Å². The van der Waals surface area contributed by atoms with Crippen molar-refractivity contribution in [3.63, 3.8) is 0 Å². The van der Waals surface area contributed by atoms with Gasteiger partial charge in [0.15, 0.2) is 0 Å². The largest absolute Gasteiger partial charge is 0.496 e. The maximum absolute atomic E-state index is 11.5.